The van der Waals surface area contributed by atoms with Gasteiger partial charge in [0.25, 0.3) is 5.91 Å². The maximum absolute atomic E-state index is 12.6. The van der Waals surface area contributed by atoms with Crippen LogP contribution in [-0.2, 0) is 6.54 Å². The van der Waals surface area contributed by atoms with Gasteiger partial charge in [0.2, 0.25) is 0 Å². The minimum atomic E-state index is 0.138. The van der Waals surface area contributed by atoms with Gasteiger partial charge < -0.3 is 9.64 Å². The number of carbonyl (C=O) groups excluding carboxylic acids is 1. The number of benzene rings is 2. The van der Waals surface area contributed by atoms with Crippen molar-refractivity contribution in [3.8, 4) is 5.75 Å². The van der Waals surface area contributed by atoms with Gasteiger partial charge in [-0.05, 0) is 36.2 Å². The van der Waals surface area contributed by atoms with Gasteiger partial charge in [0.05, 0.1) is 7.11 Å². The van der Waals surface area contributed by atoms with Crippen molar-refractivity contribution in [1.82, 2.24) is 9.80 Å². The van der Waals surface area contributed by atoms with E-state index < -0.39 is 0 Å². The second kappa shape index (κ2) is 7.97. The quantitative estimate of drug-likeness (QED) is 0.866. The summed E-state index contributed by atoms with van der Waals surface area (Å²) in [5.41, 5.74) is 2.02. The van der Waals surface area contributed by atoms with Crippen molar-refractivity contribution in [3.05, 3.63) is 65.7 Å². The standard InChI is InChI=1S/C20H24N2O2/c1-24-19-10-5-7-17(15-19)16-21-11-6-12-22(14-13-21)20(23)18-8-3-2-4-9-18/h2-5,7-10,15H,6,11-14,16H2,1H3. The lowest BCUT2D eigenvalue weighted by molar-refractivity contribution is 0.0761. The van der Waals surface area contributed by atoms with E-state index in [2.05, 4.69) is 17.0 Å². The summed E-state index contributed by atoms with van der Waals surface area (Å²) in [6.07, 6.45) is 1.00. The molecule has 2 aromatic rings. The molecule has 1 saturated heterocycles. The third-order valence-corrected chi connectivity index (χ3v) is 4.44. The Morgan fingerprint density at radius 3 is 2.62 bits per heavy atom. The van der Waals surface area contributed by atoms with Crippen LogP contribution >= 0.6 is 0 Å². The second-order valence-electron chi connectivity index (χ2n) is 6.14. The molecular weight excluding hydrogens is 300 g/mol. The number of methoxy groups -OCH3 is 1. The first-order chi connectivity index (χ1) is 11.8. The van der Waals surface area contributed by atoms with Gasteiger partial charge in [-0.3, -0.25) is 9.69 Å². The van der Waals surface area contributed by atoms with Gasteiger partial charge in [0, 0.05) is 38.3 Å². The molecule has 1 amide bonds. The van der Waals surface area contributed by atoms with Crippen molar-refractivity contribution in [1.29, 1.82) is 0 Å². The molecule has 126 valence electrons. The van der Waals surface area contributed by atoms with Gasteiger partial charge in [0.15, 0.2) is 0 Å². The molecule has 0 radical (unpaired) electrons. The predicted octanol–water partition coefficient (Wildman–Crippen LogP) is 3.04. The van der Waals surface area contributed by atoms with Gasteiger partial charge in [0.1, 0.15) is 5.75 Å². The molecule has 3 rings (SSSR count). The summed E-state index contributed by atoms with van der Waals surface area (Å²) in [5.74, 6) is 1.03. The molecular formula is C20H24N2O2. The smallest absolute Gasteiger partial charge is 0.253 e. The lowest BCUT2D eigenvalue weighted by Crippen LogP contribution is -2.35. The molecule has 0 bridgehead atoms. The van der Waals surface area contributed by atoms with Gasteiger partial charge in [-0.2, -0.15) is 0 Å². The highest BCUT2D eigenvalue weighted by atomic mass is 16.5. The van der Waals surface area contributed by atoms with Gasteiger partial charge in [-0.1, -0.05) is 30.3 Å². The zero-order valence-electron chi connectivity index (χ0n) is 14.1. The zero-order chi connectivity index (χ0) is 16.8. The number of rotatable bonds is 4. The maximum atomic E-state index is 12.6. The molecule has 0 atom stereocenters. The van der Waals surface area contributed by atoms with Crippen LogP contribution in [0.25, 0.3) is 0 Å². The Bertz CT molecular complexity index is 672. The molecule has 0 spiro atoms. The number of ether oxygens (including phenoxy) is 1. The summed E-state index contributed by atoms with van der Waals surface area (Å²) in [4.78, 5) is 17.0. The van der Waals surface area contributed by atoms with Crippen LogP contribution in [0.3, 0.4) is 0 Å². The normalized spacial score (nSPS) is 15.8. The molecule has 2 aromatic carbocycles. The molecule has 1 aliphatic heterocycles. The Kier molecular flexibility index (Phi) is 5.49. The first-order valence-corrected chi connectivity index (χ1v) is 8.46. The second-order valence-corrected chi connectivity index (χ2v) is 6.14. The molecule has 0 saturated carbocycles. The van der Waals surface area contributed by atoms with Crippen molar-refractivity contribution in [2.24, 2.45) is 0 Å². The summed E-state index contributed by atoms with van der Waals surface area (Å²) in [6, 6.07) is 17.7. The summed E-state index contributed by atoms with van der Waals surface area (Å²) >= 11 is 0. The fourth-order valence-corrected chi connectivity index (χ4v) is 3.12. The predicted molar refractivity (Wildman–Crippen MR) is 95.2 cm³/mol. The van der Waals surface area contributed by atoms with Crippen LogP contribution in [0, 0.1) is 0 Å². The van der Waals surface area contributed by atoms with Crippen LogP contribution in [0.15, 0.2) is 54.6 Å². The summed E-state index contributed by atoms with van der Waals surface area (Å²) in [7, 11) is 1.69. The monoisotopic (exact) mass is 324 g/mol. The SMILES string of the molecule is COc1cccc(CN2CCCN(C(=O)c3ccccc3)CC2)c1. The Morgan fingerprint density at radius 2 is 1.83 bits per heavy atom. The number of nitrogens with zero attached hydrogens (tertiary/aromatic N) is 2. The lowest BCUT2D eigenvalue weighted by atomic mass is 10.2. The van der Waals surface area contributed by atoms with Gasteiger partial charge in [-0.15, -0.1) is 0 Å². The Morgan fingerprint density at radius 1 is 1.00 bits per heavy atom. The highest BCUT2D eigenvalue weighted by Gasteiger charge is 2.20. The Hall–Kier alpha value is -2.33. The van der Waals surface area contributed by atoms with E-state index in [1.165, 1.54) is 5.56 Å². The van der Waals surface area contributed by atoms with E-state index in [0.717, 1.165) is 50.5 Å². The average Bonchev–Trinajstić information content (AvgIpc) is 2.87. The molecule has 1 aliphatic rings. The molecule has 4 heteroatoms. The third kappa shape index (κ3) is 4.15. The van der Waals surface area contributed by atoms with E-state index in [1.54, 1.807) is 7.11 Å². The van der Waals surface area contributed by atoms with E-state index in [0.29, 0.717) is 0 Å². The summed E-state index contributed by atoms with van der Waals surface area (Å²) < 4.78 is 5.29. The molecule has 4 nitrogen and oxygen atoms in total. The molecule has 0 aromatic heterocycles. The Labute approximate surface area is 143 Å². The van der Waals surface area contributed by atoms with Crippen LogP contribution in [0.2, 0.25) is 0 Å². The summed E-state index contributed by atoms with van der Waals surface area (Å²) in [6.45, 7) is 4.40. The fraction of sp³-hybridized carbons (Fsp3) is 0.350. The first-order valence-electron chi connectivity index (χ1n) is 8.46. The van der Waals surface area contributed by atoms with Crippen molar-refractivity contribution in [2.75, 3.05) is 33.3 Å². The maximum Gasteiger partial charge on any atom is 0.253 e. The molecule has 0 unspecified atom stereocenters. The van der Waals surface area contributed by atoms with E-state index in [-0.39, 0.29) is 5.91 Å². The van der Waals surface area contributed by atoms with Gasteiger partial charge in [-0.25, -0.2) is 0 Å². The van der Waals surface area contributed by atoms with Crippen LogP contribution in [0.1, 0.15) is 22.3 Å². The molecule has 1 fully saturated rings. The minimum Gasteiger partial charge on any atom is -0.497 e. The highest BCUT2D eigenvalue weighted by molar-refractivity contribution is 5.94. The summed E-state index contributed by atoms with van der Waals surface area (Å²) in [5, 5.41) is 0. The van der Waals surface area contributed by atoms with Crippen LogP contribution in [-0.4, -0.2) is 49.0 Å². The Balaban J connectivity index is 1.59. The zero-order valence-corrected chi connectivity index (χ0v) is 14.1. The van der Waals surface area contributed by atoms with Crippen LogP contribution in [0.5, 0.6) is 5.75 Å². The first kappa shape index (κ1) is 16.5. The fourth-order valence-electron chi connectivity index (χ4n) is 3.12. The number of hydrogen-bond acceptors (Lipinski definition) is 3. The molecule has 1 heterocycles. The number of amides is 1. The van der Waals surface area contributed by atoms with Gasteiger partial charge >= 0.3 is 0 Å². The highest BCUT2D eigenvalue weighted by Crippen LogP contribution is 2.16. The lowest BCUT2D eigenvalue weighted by Gasteiger charge is -2.22. The van der Waals surface area contributed by atoms with Crippen molar-refractivity contribution in [3.63, 3.8) is 0 Å². The minimum absolute atomic E-state index is 0.138. The topological polar surface area (TPSA) is 32.8 Å². The average molecular weight is 324 g/mol. The van der Waals surface area contributed by atoms with Crippen LogP contribution in [0.4, 0.5) is 0 Å². The van der Waals surface area contributed by atoms with E-state index >= 15 is 0 Å². The third-order valence-electron chi connectivity index (χ3n) is 4.44. The number of hydrogen-bond donors (Lipinski definition) is 0. The molecule has 0 N–H and O–H groups in total. The van der Waals surface area contributed by atoms with E-state index in [9.17, 15) is 4.79 Å². The van der Waals surface area contributed by atoms with Crippen LogP contribution < -0.4 is 4.74 Å². The largest absolute Gasteiger partial charge is 0.497 e. The molecule has 0 aliphatic carbocycles. The van der Waals surface area contributed by atoms with E-state index in [4.69, 9.17) is 4.74 Å². The number of carbonyl (C=O) groups is 1. The van der Waals surface area contributed by atoms with Crippen molar-refractivity contribution < 1.29 is 9.53 Å². The van der Waals surface area contributed by atoms with Crippen molar-refractivity contribution in [2.45, 2.75) is 13.0 Å². The van der Waals surface area contributed by atoms with Crippen molar-refractivity contribution >= 4 is 5.91 Å². The molecule has 24 heavy (non-hydrogen) atoms. The van der Waals surface area contributed by atoms with E-state index in [1.807, 2.05) is 47.4 Å².